The minimum atomic E-state index is -0.215. The van der Waals surface area contributed by atoms with E-state index < -0.39 is 0 Å². The highest BCUT2D eigenvalue weighted by molar-refractivity contribution is 14.1. The zero-order valence-electron chi connectivity index (χ0n) is 10.4. The van der Waals surface area contributed by atoms with E-state index in [1.807, 2.05) is 54.6 Å². The largest absolute Gasteiger partial charge is 0.304 e. The summed E-state index contributed by atoms with van der Waals surface area (Å²) in [6.07, 6.45) is 0. The van der Waals surface area contributed by atoms with Gasteiger partial charge in [-0.25, -0.2) is 0 Å². The van der Waals surface area contributed by atoms with Crippen molar-refractivity contribution in [2.75, 3.05) is 11.9 Å². The molecule has 2 aromatic rings. The first-order valence-corrected chi connectivity index (χ1v) is 6.85. The average Bonchev–Trinajstić information content (AvgIpc) is 2.45. The number of rotatable bonds is 1. The summed E-state index contributed by atoms with van der Waals surface area (Å²) < 4.78 is 1.03. The van der Waals surface area contributed by atoms with Gasteiger partial charge in [0, 0.05) is 22.1 Å². The van der Waals surface area contributed by atoms with Crippen molar-refractivity contribution in [1.29, 1.82) is 0 Å². The van der Waals surface area contributed by atoms with Crippen LogP contribution in [-0.2, 0) is 4.79 Å². The molecule has 0 radical (unpaired) electrons. The lowest BCUT2D eigenvalue weighted by atomic mass is 10.2. The lowest BCUT2D eigenvalue weighted by molar-refractivity contribution is -0.113. The fraction of sp³-hybridized carbons (Fsp3) is 0.0625. The zero-order valence-corrected chi connectivity index (χ0v) is 12.6. The van der Waals surface area contributed by atoms with Gasteiger partial charge in [-0.3, -0.25) is 4.79 Å². The number of hydrogen-bond acceptors (Lipinski definition) is 1. The Morgan fingerprint density at radius 3 is 2.37 bits per heavy atom. The smallest absolute Gasteiger partial charge is 0.303 e. The summed E-state index contributed by atoms with van der Waals surface area (Å²) in [5, 5.41) is 0. The molecule has 0 aliphatic rings. The van der Waals surface area contributed by atoms with Crippen molar-refractivity contribution in [3.05, 3.63) is 63.7 Å². The second kappa shape index (κ2) is 6.39. The molecular weight excluding hydrogens is 349 g/mol. The third kappa shape index (κ3) is 3.58. The van der Waals surface area contributed by atoms with E-state index in [1.165, 1.54) is 0 Å². The summed E-state index contributed by atoms with van der Waals surface area (Å²) in [6.45, 7) is 0. The van der Waals surface area contributed by atoms with Crippen molar-refractivity contribution in [3.8, 4) is 11.8 Å². The predicted molar refractivity (Wildman–Crippen MR) is 85.9 cm³/mol. The van der Waals surface area contributed by atoms with Crippen LogP contribution in [0.1, 0.15) is 5.56 Å². The Kier molecular flexibility index (Phi) is 4.58. The maximum absolute atomic E-state index is 12.0. The summed E-state index contributed by atoms with van der Waals surface area (Å²) in [5.74, 6) is 5.31. The Balaban J connectivity index is 2.18. The van der Waals surface area contributed by atoms with Crippen molar-refractivity contribution in [2.45, 2.75) is 0 Å². The number of amides is 1. The van der Waals surface area contributed by atoms with Gasteiger partial charge in [-0.05, 0) is 46.9 Å². The molecule has 2 rings (SSSR count). The molecule has 0 aliphatic heterocycles. The van der Waals surface area contributed by atoms with E-state index in [1.54, 1.807) is 11.9 Å². The summed E-state index contributed by atoms with van der Waals surface area (Å²) in [5.41, 5.74) is 1.71. The molecule has 1 amide bonds. The van der Waals surface area contributed by atoms with E-state index >= 15 is 0 Å². The number of carbonyl (C=O) groups is 1. The molecule has 3 heteroatoms. The SMILES string of the molecule is CN(C(=O)C#Cc1ccccc1)c1ccccc1I. The first-order chi connectivity index (χ1) is 9.18. The standard InChI is InChI=1S/C16H12INO/c1-18(15-10-6-5-9-14(15)17)16(19)12-11-13-7-3-2-4-8-13/h2-10H,1H3. The van der Waals surface area contributed by atoms with Gasteiger partial charge in [-0.1, -0.05) is 36.3 Å². The van der Waals surface area contributed by atoms with Crippen molar-refractivity contribution < 1.29 is 4.79 Å². The number of nitrogens with zero attached hydrogens (tertiary/aromatic N) is 1. The molecule has 0 atom stereocenters. The fourth-order valence-electron chi connectivity index (χ4n) is 1.56. The summed E-state index contributed by atoms with van der Waals surface area (Å²) in [6, 6.07) is 17.2. The van der Waals surface area contributed by atoms with E-state index in [9.17, 15) is 4.79 Å². The Labute approximate surface area is 126 Å². The third-order valence-corrected chi connectivity index (χ3v) is 3.52. The molecule has 19 heavy (non-hydrogen) atoms. The van der Waals surface area contributed by atoms with E-state index in [0.29, 0.717) is 0 Å². The Hall–Kier alpha value is -1.80. The van der Waals surface area contributed by atoms with Gasteiger partial charge >= 0.3 is 5.91 Å². The average molecular weight is 361 g/mol. The molecule has 0 N–H and O–H groups in total. The summed E-state index contributed by atoms with van der Waals surface area (Å²) >= 11 is 2.21. The molecule has 0 unspecified atom stereocenters. The molecule has 0 aliphatic carbocycles. The molecule has 0 saturated carbocycles. The molecule has 0 bridgehead atoms. The van der Waals surface area contributed by atoms with Crippen LogP contribution in [0.4, 0.5) is 5.69 Å². The minimum absolute atomic E-state index is 0.215. The van der Waals surface area contributed by atoms with Crippen LogP contribution in [0, 0.1) is 15.4 Å². The van der Waals surface area contributed by atoms with Gasteiger partial charge in [-0.2, -0.15) is 0 Å². The molecule has 0 aromatic heterocycles. The zero-order chi connectivity index (χ0) is 13.7. The van der Waals surface area contributed by atoms with Gasteiger partial charge in [0.15, 0.2) is 0 Å². The number of hydrogen-bond donors (Lipinski definition) is 0. The van der Waals surface area contributed by atoms with E-state index in [4.69, 9.17) is 0 Å². The van der Waals surface area contributed by atoms with Crippen LogP contribution in [-0.4, -0.2) is 13.0 Å². The van der Waals surface area contributed by atoms with Crippen LogP contribution in [0.5, 0.6) is 0 Å². The third-order valence-electron chi connectivity index (χ3n) is 2.61. The van der Waals surface area contributed by atoms with Crippen molar-refractivity contribution in [2.24, 2.45) is 0 Å². The highest BCUT2D eigenvalue weighted by Crippen LogP contribution is 2.20. The van der Waals surface area contributed by atoms with Crippen LogP contribution in [0.15, 0.2) is 54.6 Å². The molecule has 2 nitrogen and oxygen atoms in total. The van der Waals surface area contributed by atoms with E-state index in [2.05, 4.69) is 34.4 Å². The fourth-order valence-corrected chi connectivity index (χ4v) is 2.31. The van der Waals surface area contributed by atoms with E-state index in [-0.39, 0.29) is 5.91 Å². The van der Waals surface area contributed by atoms with Crippen molar-refractivity contribution in [1.82, 2.24) is 0 Å². The van der Waals surface area contributed by atoms with Crippen LogP contribution >= 0.6 is 22.6 Å². The number of carbonyl (C=O) groups excluding carboxylic acids is 1. The van der Waals surface area contributed by atoms with Crippen LogP contribution in [0.25, 0.3) is 0 Å². The van der Waals surface area contributed by atoms with Crippen LogP contribution in [0.2, 0.25) is 0 Å². The number of para-hydroxylation sites is 1. The van der Waals surface area contributed by atoms with Crippen molar-refractivity contribution in [3.63, 3.8) is 0 Å². The van der Waals surface area contributed by atoms with Gasteiger partial charge in [0.05, 0.1) is 5.69 Å². The second-order valence-electron chi connectivity index (χ2n) is 3.93. The minimum Gasteiger partial charge on any atom is -0.304 e. The molecule has 0 spiro atoms. The normalized spacial score (nSPS) is 9.37. The van der Waals surface area contributed by atoms with Gasteiger partial charge in [0.25, 0.3) is 0 Å². The molecule has 94 valence electrons. The van der Waals surface area contributed by atoms with Gasteiger partial charge in [-0.15, -0.1) is 0 Å². The monoisotopic (exact) mass is 361 g/mol. The lowest BCUT2D eigenvalue weighted by Crippen LogP contribution is -2.25. The maximum atomic E-state index is 12.0. The first kappa shape index (κ1) is 13.6. The topological polar surface area (TPSA) is 20.3 Å². The highest BCUT2D eigenvalue weighted by Gasteiger charge is 2.10. The molecule has 0 heterocycles. The lowest BCUT2D eigenvalue weighted by Gasteiger charge is -2.15. The van der Waals surface area contributed by atoms with Crippen LogP contribution in [0.3, 0.4) is 0 Å². The van der Waals surface area contributed by atoms with Crippen molar-refractivity contribution >= 4 is 34.2 Å². The maximum Gasteiger partial charge on any atom is 0.303 e. The van der Waals surface area contributed by atoms with Crippen LogP contribution < -0.4 is 4.90 Å². The summed E-state index contributed by atoms with van der Waals surface area (Å²) in [7, 11) is 1.74. The summed E-state index contributed by atoms with van der Waals surface area (Å²) in [4.78, 5) is 13.6. The quantitative estimate of drug-likeness (QED) is 0.564. The number of anilines is 1. The van der Waals surface area contributed by atoms with Gasteiger partial charge in [0.1, 0.15) is 0 Å². The molecule has 0 saturated heterocycles. The first-order valence-electron chi connectivity index (χ1n) is 5.78. The van der Waals surface area contributed by atoms with Gasteiger partial charge < -0.3 is 4.90 Å². The number of halogens is 1. The van der Waals surface area contributed by atoms with E-state index in [0.717, 1.165) is 14.8 Å². The predicted octanol–water partition coefficient (Wildman–Crippen LogP) is 3.31. The molecular formula is C16H12INO. The van der Waals surface area contributed by atoms with Gasteiger partial charge in [0.2, 0.25) is 0 Å². The second-order valence-corrected chi connectivity index (χ2v) is 5.09. The number of benzene rings is 2. The Morgan fingerprint density at radius 1 is 1.05 bits per heavy atom. The molecule has 2 aromatic carbocycles. The Morgan fingerprint density at radius 2 is 1.68 bits per heavy atom. The highest BCUT2D eigenvalue weighted by atomic mass is 127. The molecule has 0 fully saturated rings. The Bertz CT molecular complexity index is 641.